The lowest BCUT2D eigenvalue weighted by molar-refractivity contribution is -0.145. The number of ketones is 1. The number of aromatic nitrogens is 3. The molecule has 1 N–H and O–H groups in total. The first-order valence-corrected chi connectivity index (χ1v) is 8.70. The highest BCUT2D eigenvalue weighted by molar-refractivity contribution is 7.15. The standard InChI is InChI=1S/C18H15N3O3S/c1-11(17(23)14-9-19-15-5-3-2-4-13(14)15)24-16(22)8-12-10-21-6-7-25-18(21)20-12/h2-7,9-11,19H,8H2,1H3/t11-/m0/s1. The highest BCUT2D eigenvalue weighted by Gasteiger charge is 2.22. The Morgan fingerprint density at radius 2 is 2.20 bits per heavy atom. The largest absolute Gasteiger partial charge is 0.454 e. The lowest BCUT2D eigenvalue weighted by Gasteiger charge is -2.11. The van der Waals surface area contributed by atoms with Gasteiger partial charge in [-0.3, -0.25) is 14.0 Å². The van der Waals surface area contributed by atoms with E-state index in [1.165, 1.54) is 11.3 Å². The van der Waals surface area contributed by atoms with E-state index in [1.54, 1.807) is 19.3 Å². The number of ether oxygens (including phenoxy) is 1. The Labute approximate surface area is 147 Å². The summed E-state index contributed by atoms with van der Waals surface area (Å²) >= 11 is 1.50. The molecule has 3 aromatic heterocycles. The maximum Gasteiger partial charge on any atom is 0.312 e. The molecule has 1 atom stereocenters. The normalized spacial score (nSPS) is 12.5. The molecule has 1 aromatic carbocycles. The molecule has 0 bridgehead atoms. The molecule has 6 nitrogen and oxygen atoms in total. The Balaban J connectivity index is 1.45. The van der Waals surface area contributed by atoms with E-state index in [9.17, 15) is 9.59 Å². The van der Waals surface area contributed by atoms with E-state index in [4.69, 9.17) is 4.74 Å². The molecule has 3 heterocycles. The van der Waals surface area contributed by atoms with Crippen molar-refractivity contribution >= 4 is 39.0 Å². The van der Waals surface area contributed by atoms with Gasteiger partial charge in [-0.1, -0.05) is 18.2 Å². The average molecular weight is 353 g/mol. The zero-order valence-electron chi connectivity index (χ0n) is 13.4. The molecule has 0 unspecified atom stereocenters. The van der Waals surface area contributed by atoms with E-state index >= 15 is 0 Å². The predicted molar refractivity (Wildman–Crippen MR) is 95.0 cm³/mol. The second kappa shape index (κ2) is 6.18. The first kappa shape index (κ1) is 15.6. The Hall–Kier alpha value is -2.93. The Morgan fingerprint density at radius 1 is 1.36 bits per heavy atom. The summed E-state index contributed by atoms with van der Waals surface area (Å²) in [5.41, 5.74) is 2.03. The number of hydrogen-bond donors (Lipinski definition) is 1. The number of H-pyrrole nitrogens is 1. The fourth-order valence-corrected chi connectivity index (χ4v) is 3.51. The van der Waals surface area contributed by atoms with Crippen molar-refractivity contribution in [2.75, 3.05) is 0 Å². The number of para-hydroxylation sites is 1. The zero-order chi connectivity index (χ0) is 17.4. The van der Waals surface area contributed by atoms with Crippen LogP contribution in [0.25, 0.3) is 15.9 Å². The highest BCUT2D eigenvalue weighted by atomic mass is 32.1. The highest BCUT2D eigenvalue weighted by Crippen LogP contribution is 2.20. The van der Waals surface area contributed by atoms with Gasteiger partial charge in [0.1, 0.15) is 0 Å². The first-order valence-electron chi connectivity index (χ1n) is 7.82. The van der Waals surface area contributed by atoms with Gasteiger partial charge in [-0.15, -0.1) is 11.3 Å². The van der Waals surface area contributed by atoms with Gasteiger partial charge in [-0.25, -0.2) is 4.98 Å². The Morgan fingerprint density at radius 3 is 3.04 bits per heavy atom. The lowest BCUT2D eigenvalue weighted by atomic mass is 10.1. The predicted octanol–water partition coefficient (Wildman–Crippen LogP) is 3.23. The van der Waals surface area contributed by atoms with Gasteiger partial charge in [0.25, 0.3) is 0 Å². The van der Waals surface area contributed by atoms with Crippen molar-refractivity contribution < 1.29 is 14.3 Å². The van der Waals surface area contributed by atoms with Crippen molar-refractivity contribution in [3.05, 3.63) is 59.5 Å². The summed E-state index contributed by atoms with van der Waals surface area (Å²) < 4.78 is 7.17. The van der Waals surface area contributed by atoms with Gasteiger partial charge >= 0.3 is 5.97 Å². The summed E-state index contributed by atoms with van der Waals surface area (Å²) in [5.74, 6) is -0.692. The number of carbonyl (C=O) groups is 2. The van der Waals surface area contributed by atoms with Crippen LogP contribution in [-0.4, -0.2) is 32.2 Å². The Bertz CT molecular complexity index is 1050. The summed E-state index contributed by atoms with van der Waals surface area (Å²) in [7, 11) is 0. The van der Waals surface area contributed by atoms with Crippen LogP contribution in [0, 0.1) is 0 Å². The van der Waals surface area contributed by atoms with Crippen molar-refractivity contribution in [3.63, 3.8) is 0 Å². The maximum atomic E-state index is 12.6. The van der Waals surface area contributed by atoms with Gasteiger partial charge in [0, 0.05) is 40.4 Å². The number of rotatable bonds is 5. The molecular weight excluding hydrogens is 338 g/mol. The van der Waals surface area contributed by atoms with E-state index < -0.39 is 12.1 Å². The molecule has 0 spiro atoms. The molecule has 0 aliphatic rings. The van der Waals surface area contributed by atoms with Gasteiger partial charge in [0.2, 0.25) is 5.78 Å². The number of aromatic amines is 1. The van der Waals surface area contributed by atoms with Crippen LogP contribution in [0.3, 0.4) is 0 Å². The maximum absolute atomic E-state index is 12.6. The SMILES string of the molecule is C[C@H](OC(=O)Cc1cn2ccsc2n1)C(=O)c1c[nH]c2ccccc12. The fraction of sp³-hybridized carbons (Fsp3) is 0.167. The zero-order valence-corrected chi connectivity index (χ0v) is 14.2. The molecule has 4 rings (SSSR count). The van der Waals surface area contributed by atoms with E-state index in [0.717, 1.165) is 15.9 Å². The number of carbonyl (C=O) groups excluding carboxylic acids is 2. The number of hydrogen-bond acceptors (Lipinski definition) is 5. The van der Waals surface area contributed by atoms with Gasteiger partial charge < -0.3 is 9.72 Å². The van der Waals surface area contributed by atoms with Gasteiger partial charge in [-0.05, 0) is 13.0 Å². The summed E-state index contributed by atoms with van der Waals surface area (Å²) in [6, 6.07) is 7.53. The quantitative estimate of drug-likeness (QED) is 0.441. The number of benzene rings is 1. The van der Waals surface area contributed by atoms with Gasteiger partial charge in [0.15, 0.2) is 11.1 Å². The lowest BCUT2D eigenvalue weighted by Crippen LogP contribution is -2.25. The molecule has 0 fully saturated rings. The van der Waals surface area contributed by atoms with Crippen LogP contribution in [-0.2, 0) is 16.0 Å². The third-order valence-electron chi connectivity index (χ3n) is 4.00. The minimum Gasteiger partial charge on any atom is -0.454 e. The molecule has 0 saturated heterocycles. The van der Waals surface area contributed by atoms with Crippen LogP contribution in [0.1, 0.15) is 23.0 Å². The minimum atomic E-state index is -0.851. The average Bonchev–Trinajstić information content (AvgIpc) is 3.27. The number of Topliss-reactive ketones (excluding diaryl/α,β-unsaturated/α-hetero) is 1. The molecule has 25 heavy (non-hydrogen) atoms. The van der Waals surface area contributed by atoms with E-state index in [2.05, 4.69) is 9.97 Å². The number of fused-ring (bicyclic) bond motifs is 2. The van der Waals surface area contributed by atoms with Gasteiger partial charge in [0.05, 0.1) is 12.1 Å². The topological polar surface area (TPSA) is 76.5 Å². The van der Waals surface area contributed by atoms with Crippen LogP contribution in [0.15, 0.2) is 48.2 Å². The minimum absolute atomic E-state index is 0.0416. The summed E-state index contributed by atoms with van der Waals surface area (Å²) in [5, 5.41) is 2.75. The monoisotopic (exact) mass is 353 g/mol. The van der Waals surface area contributed by atoms with E-state index in [0.29, 0.717) is 11.3 Å². The van der Waals surface area contributed by atoms with Crippen LogP contribution >= 0.6 is 11.3 Å². The molecule has 0 amide bonds. The Kier molecular flexibility index (Phi) is 3.85. The summed E-state index contributed by atoms with van der Waals surface area (Å²) in [6.45, 7) is 1.59. The molecule has 4 aromatic rings. The number of esters is 1. The molecule has 0 aliphatic carbocycles. The third-order valence-corrected chi connectivity index (χ3v) is 4.77. The van der Waals surface area contributed by atoms with Crippen LogP contribution in [0.4, 0.5) is 0 Å². The van der Waals surface area contributed by atoms with Crippen molar-refractivity contribution in [1.82, 2.24) is 14.4 Å². The smallest absolute Gasteiger partial charge is 0.312 e. The summed E-state index contributed by atoms with van der Waals surface area (Å²) in [6.07, 6.45) is 4.51. The van der Waals surface area contributed by atoms with Crippen molar-refractivity contribution in [1.29, 1.82) is 0 Å². The van der Waals surface area contributed by atoms with E-state index in [-0.39, 0.29) is 12.2 Å². The van der Waals surface area contributed by atoms with Crippen LogP contribution in [0.2, 0.25) is 0 Å². The summed E-state index contributed by atoms with van der Waals surface area (Å²) in [4.78, 5) is 33.0. The number of imidazole rings is 1. The molecule has 7 heteroatoms. The van der Waals surface area contributed by atoms with Crippen LogP contribution in [0.5, 0.6) is 0 Å². The third kappa shape index (κ3) is 2.94. The molecule has 0 aliphatic heterocycles. The number of nitrogens with zero attached hydrogens (tertiary/aromatic N) is 2. The molecule has 0 saturated carbocycles. The molecular formula is C18H15N3O3S. The van der Waals surface area contributed by atoms with Gasteiger partial charge in [-0.2, -0.15) is 0 Å². The number of thiazole rings is 1. The molecule has 0 radical (unpaired) electrons. The fourth-order valence-electron chi connectivity index (χ4n) is 2.80. The number of nitrogens with one attached hydrogen (secondary N) is 1. The second-order valence-electron chi connectivity index (χ2n) is 5.75. The first-order chi connectivity index (χ1) is 12.1. The second-order valence-corrected chi connectivity index (χ2v) is 6.62. The van der Waals surface area contributed by atoms with Crippen molar-refractivity contribution in [3.8, 4) is 0 Å². The van der Waals surface area contributed by atoms with Crippen molar-refractivity contribution in [2.45, 2.75) is 19.4 Å². The van der Waals surface area contributed by atoms with Crippen LogP contribution < -0.4 is 0 Å². The van der Waals surface area contributed by atoms with Crippen molar-refractivity contribution in [2.24, 2.45) is 0 Å². The van der Waals surface area contributed by atoms with E-state index in [1.807, 2.05) is 40.2 Å². The molecule has 126 valence electrons.